The predicted molar refractivity (Wildman–Crippen MR) is 232 cm³/mol. The Morgan fingerprint density at radius 3 is 0.907 bits per heavy atom. The number of allylic oxidation sites excluding steroid dienone is 4. The lowest BCUT2D eigenvalue weighted by Gasteiger charge is -2.23. The zero-order chi connectivity index (χ0) is 35.8. The number of rotatable bonds is 6. The maximum atomic E-state index is 2.53. The molecule has 0 saturated carbocycles. The van der Waals surface area contributed by atoms with Gasteiger partial charge in [0.1, 0.15) is 0 Å². The molecule has 0 heterocycles. The van der Waals surface area contributed by atoms with Crippen molar-refractivity contribution in [2.45, 2.75) is 12.3 Å². The Kier molecular flexibility index (Phi) is 8.08. The molecule has 0 fully saturated rings. The van der Waals surface area contributed by atoms with Crippen LogP contribution in [-0.2, 0) is 0 Å². The molecule has 1 aliphatic carbocycles. The van der Waals surface area contributed by atoms with Crippen molar-refractivity contribution in [3.63, 3.8) is 0 Å². The molecule has 1 atom stereocenters. The first-order chi connectivity index (χ1) is 26.8. The summed E-state index contributed by atoms with van der Waals surface area (Å²) in [6.45, 7) is 0. The lowest BCUT2D eigenvalue weighted by Crippen LogP contribution is -2.00. The summed E-state index contributed by atoms with van der Waals surface area (Å²) in [5, 5.41) is 7.64. The molecule has 0 bridgehead atoms. The summed E-state index contributed by atoms with van der Waals surface area (Å²) in [7, 11) is 0. The fraction of sp³-hybridized carbons (Fsp3) is 0.0370. The van der Waals surface area contributed by atoms with E-state index in [1.165, 1.54) is 93.5 Å². The Morgan fingerprint density at radius 2 is 0.593 bits per heavy atom. The summed E-state index contributed by atoms with van der Waals surface area (Å²) < 4.78 is 0. The molecular formula is C54H38. The van der Waals surface area contributed by atoms with Gasteiger partial charge in [-0.15, -0.1) is 0 Å². The van der Waals surface area contributed by atoms with Crippen molar-refractivity contribution < 1.29 is 0 Å². The zero-order valence-electron chi connectivity index (χ0n) is 30.0. The third-order valence-electron chi connectivity index (χ3n) is 11.2. The molecule has 0 nitrogen and oxygen atoms in total. The number of hydrogen-bond donors (Lipinski definition) is 0. The minimum absolute atomic E-state index is 0.290. The topological polar surface area (TPSA) is 0 Å². The molecule has 254 valence electrons. The maximum Gasteiger partial charge on any atom is 0.00620 e. The van der Waals surface area contributed by atoms with Crippen molar-refractivity contribution in [2.75, 3.05) is 0 Å². The van der Waals surface area contributed by atoms with Crippen molar-refractivity contribution in [1.29, 1.82) is 0 Å². The van der Waals surface area contributed by atoms with E-state index in [0.717, 1.165) is 6.42 Å². The van der Waals surface area contributed by atoms with E-state index in [9.17, 15) is 0 Å². The van der Waals surface area contributed by atoms with Gasteiger partial charge in [-0.2, -0.15) is 0 Å². The lowest BCUT2D eigenvalue weighted by atomic mass is 9.81. The van der Waals surface area contributed by atoms with Gasteiger partial charge in [-0.1, -0.05) is 176 Å². The van der Waals surface area contributed by atoms with E-state index in [1.54, 1.807) is 0 Å². The Bertz CT molecular complexity index is 2770. The molecule has 0 spiro atoms. The average Bonchev–Trinajstić information content (AvgIpc) is 3.27. The third-order valence-corrected chi connectivity index (χ3v) is 11.2. The fourth-order valence-electron chi connectivity index (χ4n) is 8.56. The first kappa shape index (κ1) is 31.9. The van der Waals surface area contributed by atoms with E-state index in [4.69, 9.17) is 0 Å². The number of hydrogen-bond acceptors (Lipinski definition) is 0. The second kappa shape index (κ2) is 13.7. The van der Waals surface area contributed by atoms with Crippen LogP contribution in [0.3, 0.4) is 0 Å². The van der Waals surface area contributed by atoms with Gasteiger partial charge in [-0.05, 0) is 136 Å². The molecular weight excluding hydrogens is 649 g/mol. The molecule has 0 saturated heterocycles. The van der Waals surface area contributed by atoms with Crippen LogP contribution in [0.15, 0.2) is 212 Å². The van der Waals surface area contributed by atoms with Crippen LogP contribution in [0.25, 0.3) is 88.0 Å². The van der Waals surface area contributed by atoms with Gasteiger partial charge in [0.15, 0.2) is 0 Å². The molecule has 1 unspecified atom stereocenters. The Labute approximate surface area is 317 Å². The van der Waals surface area contributed by atoms with Crippen LogP contribution in [0, 0.1) is 0 Å². The summed E-state index contributed by atoms with van der Waals surface area (Å²) in [5.74, 6) is 0.290. The van der Waals surface area contributed by atoms with E-state index in [-0.39, 0.29) is 5.92 Å². The summed E-state index contributed by atoms with van der Waals surface area (Å²) in [6.07, 6.45) is 10.1. The van der Waals surface area contributed by atoms with E-state index < -0.39 is 0 Å². The smallest absolute Gasteiger partial charge is 0.00620 e. The third kappa shape index (κ3) is 5.65. The second-order valence-corrected chi connectivity index (χ2v) is 14.4. The van der Waals surface area contributed by atoms with Gasteiger partial charge in [0.25, 0.3) is 0 Å². The molecule has 54 heavy (non-hydrogen) atoms. The minimum Gasteiger partial charge on any atom is -0.0836 e. The van der Waals surface area contributed by atoms with Gasteiger partial charge in [0.2, 0.25) is 0 Å². The number of benzene rings is 9. The molecule has 9 aromatic rings. The Morgan fingerprint density at radius 1 is 0.296 bits per heavy atom. The highest BCUT2D eigenvalue weighted by Crippen LogP contribution is 2.47. The minimum atomic E-state index is 0.290. The standard InChI is InChI=1S/C54H38/c1-7-19-37(20-8-1)43-31-49-50(32-44(43)38-21-9-2-10-22-38)52-34-46(40-25-13-4-14-26-40)48(42-29-17-6-18-30-42)36-54(52)53-35-47(41-27-15-5-16-28-41)45(33-51(49)53)39-23-11-3-12-24-39/h1-29,31-36,42H,30H2. The first-order valence-corrected chi connectivity index (χ1v) is 19.0. The zero-order valence-corrected chi connectivity index (χ0v) is 30.0. The SMILES string of the molecule is C1=CCC(c2cc3c4cc(-c5ccccc5)c(-c5ccccc5)cc4c4cc(-c5ccccc5)c(-c5ccccc5)cc4c3cc2-c2ccccc2)C=C1. The van der Waals surface area contributed by atoms with E-state index in [1.807, 2.05) is 0 Å². The molecule has 0 aromatic heterocycles. The quantitative estimate of drug-likeness (QED) is 0.153. The molecule has 0 heteroatoms. The molecule has 0 amide bonds. The molecule has 9 aromatic carbocycles. The van der Waals surface area contributed by atoms with Gasteiger partial charge in [-0.25, -0.2) is 0 Å². The summed E-state index contributed by atoms with van der Waals surface area (Å²) in [6, 6.07) is 69.4. The van der Waals surface area contributed by atoms with E-state index in [0.29, 0.717) is 0 Å². The van der Waals surface area contributed by atoms with Crippen LogP contribution in [0.5, 0.6) is 0 Å². The maximum absolute atomic E-state index is 2.53. The van der Waals surface area contributed by atoms with Crippen LogP contribution < -0.4 is 0 Å². The van der Waals surface area contributed by atoms with Gasteiger partial charge in [0, 0.05) is 5.92 Å². The van der Waals surface area contributed by atoms with Gasteiger partial charge >= 0.3 is 0 Å². The van der Waals surface area contributed by atoms with Crippen molar-refractivity contribution in [2.24, 2.45) is 0 Å². The van der Waals surface area contributed by atoms with Crippen molar-refractivity contribution in [1.82, 2.24) is 0 Å². The summed E-state index contributed by atoms with van der Waals surface area (Å²) >= 11 is 0. The largest absolute Gasteiger partial charge is 0.0836 e. The molecule has 0 N–H and O–H groups in total. The van der Waals surface area contributed by atoms with Crippen LogP contribution in [0.2, 0.25) is 0 Å². The highest BCUT2D eigenvalue weighted by molar-refractivity contribution is 6.28. The van der Waals surface area contributed by atoms with Crippen LogP contribution in [-0.4, -0.2) is 0 Å². The lowest BCUT2D eigenvalue weighted by molar-refractivity contribution is 0.857. The fourth-order valence-corrected chi connectivity index (χ4v) is 8.56. The van der Waals surface area contributed by atoms with Gasteiger partial charge in [0.05, 0.1) is 0 Å². The monoisotopic (exact) mass is 686 g/mol. The van der Waals surface area contributed by atoms with E-state index in [2.05, 4.69) is 212 Å². The first-order valence-electron chi connectivity index (χ1n) is 19.0. The highest BCUT2D eigenvalue weighted by Gasteiger charge is 2.22. The van der Waals surface area contributed by atoms with E-state index >= 15 is 0 Å². The number of fused-ring (bicyclic) bond motifs is 6. The molecule has 10 rings (SSSR count). The van der Waals surface area contributed by atoms with Crippen molar-refractivity contribution >= 4 is 32.3 Å². The Hall–Kier alpha value is -6.76. The second-order valence-electron chi connectivity index (χ2n) is 14.4. The average molecular weight is 687 g/mol. The normalized spacial score (nSPS) is 13.9. The van der Waals surface area contributed by atoms with Crippen molar-refractivity contribution in [3.05, 3.63) is 218 Å². The molecule has 0 radical (unpaired) electrons. The van der Waals surface area contributed by atoms with Crippen LogP contribution >= 0.6 is 0 Å². The molecule has 0 aliphatic heterocycles. The highest BCUT2D eigenvalue weighted by atomic mass is 14.3. The van der Waals surface area contributed by atoms with Gasteiger partial charge < -0.3 is 0 Å². The molecule has 1 aliphatic rings. The Balaban J connectivity index is 1.41. The van der Waals surface area contributed by atoms with Gasteiger partial charge in [-0.3, -0.25) is 0 Å². The predicted octanol–water partition coefficient (Wildman–Crippen LogP) is 15.1. The summed E-state index contributed by atoms with van der Waals surface area (Å²) in [4.78, 5) is 0. The van der Waals surface area contributed by atoms with Crippen LogP contribution in [0.4, 0.5) is 0 Å². The van der Waals surface area contributed by atoms with Crippen molar-refractivity contribution in [3.8, 4) is 55.6 Å². The summed E-state index contributed by atoms with van der Waals surface area (Å²) in [5.41, 5.74) is 13.7. The van der Waals surface area contributed by atoms with Crippen LogP contribution in [0.1, 0.15) is 17.9 Å².